The SMILES string of the molecule is CC(C)N(Cc1ccccc1)C(=O)C1(C)CNC(=O)C1. The Hall–Kier alpha value is -1.84. The molecule has 1 aromatic rings. The van der Waals surface area contributed by atoms with E-state index in [-0.39, 0.29) is 24.3 Å². The summed E-state index contributed by atoms with van der Waals surface area (Å²) in [7, 11) is 0. The van der Waals surface area contributed by atoms with Crippen LogP contribution in [0, 0.1) is 5.41 Å². The standard InChI is InChI=1S/C16H22N2O2/c1-12(2)18(10-13-7-5-4-6-8-13)15(20)16(3)9-14(19)17-11-16/h4-8,12H,9-11H2,1-3H3,(H,17,19). The van der Waals surface area contributed by atoms with Gasteiger partial charge >= 0.3 is 0 Å². The molecule has 1 aromatic carbocycles. The smallest absolute Gasteiger partial charge is 0.231 e. The van der Waals surface area contributed by atoms with Gasteiger partial charge in [-0.3, -0.25) is 9.59 Å². The molecule has 0 aromatic heterocycles. The number of carbonyl (C=O) groups excluding carboxylic acids is 2. The van der Waals surface area contributed by atoms with Crippen molar-refractivity contribution in [3.8, 4) is 0 Å². The third-order valence-electron chi connectivity index (χ3n) is 3.82. The maximum atomic E-state index is 12.8. The van der Waals surface area contributed by atoms with E-state index in [1.54, 1.807) is 0 Å². The molecule has 20 heavy (non-hydrogen) atoms. The molecule has 1 unspecified atom stereocenters. The Balaban J connectivity index is 2.16. The second-order valence-corrected chi connectivity index (χ2v) is 6.03. The quantitative estimate of drug-likeness (QED) is 0.912. The van der Waals surface area contributed by atoms with Crippen LogP contribution in [-0.4, -0.2) is 29.3 Å². The van der Waals surface area contributed by atoms with E-state index in [1.807, 2.05) is 56.0 Å². The summed E-state index contributed by atoms with van der Waals surface area (Å²) < 4.78 is 0. The number of nitrogens with one attached hydrogen (secondary N) is 1. The van der Waals surface area contributed by atoms with Crippen molar-refractivity contribution < 1.29 is 9.59 Å². The minimum atomic E-state index is -0.615. The highest BCUT2D eigenvalue weighted by Crippen LogP contribution is 2.29. The van der Waals surface area contributed by atoms with E-state index < -0.39 is 5.41 Å². The zero-order valence-corrected chi connectivity index (χ0v) is 12.3. The van der Waals surface area contributed by atoms with Gasteiger partial charge in [-0.05, 0) is 26.3 Å². The van der Waals surface area contributed by atoms with E-state index in [0.29, 0.717) is 13.1 Å². The summed E-state index contributed by atoms with van der Waals surface area (Å²) in [5.74, 6) is 0.0129. The fourth-order valence-electron chi connectivity index (χ4n) is 2.54. The molecule has 0 radical (unpaired) electrons. The Morgan fingerprint density at radius 1 is 1.35 bits per heavy atom. The summed E-state index contributed by atoms with van der Waals surface area (Å²) in [5, 5.41) is 2.76. The maximum absolute atomic E-state index is 12.8. The minimum absolute atomic E-state index is 0.0377. The molecule has 4 nitrogen and oxygen atoms in total. The summed E-state index contributed by atoms with van der Waals surface area (Å²) in [6.07, 6.45) is 0.282. The van der Waals surface area contributed by atoms with Gasteiger partial charge in [-0.2, -0.15) is 0 Å². The zero-order valence-electron chi connectivity index (χ0n) is 12.3. The average Bonchev–Trinajstić information content (AvgIpc) is 2.77. The third kappa shape index (κ3) is 3.00. The number of hydrogen-bond donors (Lipinski definition) is 1. The molecule has 0 spiro atoms. The molecule has 1 aliphatic rings. The van der Waals surface area contributed by atoms with Crippen LogP contribution in [0.1, 0.15) is 32.8 Å². The van der Waals surface area contributed by atoms with Crippen LogP contribution in [0.3, 0.4) is 0 Å². The number of hydrogen-bond acceptors (Lipinski definition) is 2. The minimum Gasteiger partial charge on any atom is -0.355 e. The first-order valence-electron chi connectivity index (χ1n) is 7.04. The monoisotopic (exact) mass is 274 g/mol. The summed E-state index contributed by atoms with van der Waals surface area (Å²) in [4.78, 5) is 26.1. The molecule has 4 heteroatoms. The number of rotatable bonds is 4. The van der Waals surface area contributed by atoms with Crippen LogP contribution in [0.15, 0.2) is 30.3 Å². The van der Waals surface area contributed by atoms with Gasteiger partial charge < -0.3 is 10.2 Å². The summed E-state index contributed by atoms with van der Waals surface area (Å²) >= 11 is 0. The van der Waals surface area contributed by atoms with Crippen molar-refractivity contribution in [1.29, 1.82) is 0 Å². The van der Waals surface area contributed by atoms with Gasteiger partial charge in [0, 0.05) is 25.6 Å². The number of nitrogens with zero attached hydrogens (tertiary/aromatic N) is 1. The van der Waals surface area contributed by atoms with Crippen LogP contribution >= 0.6 is 0 Å². The van der Waals surface area contributed by atoms with Gasteiger partial charge in [-0.15, -0.1) is 0 Å². The third-order valence-corrected chi connectivity index (χ3v) is 3.82. The van der Waals surface area contributed by atoms with Gasteiger partial charge in [-0.1, -0.05) is 30.3 Å². The van der Waals surface area contributed by atoms with Gasteiger partial charge in [0.15, 0.2) is 0 Å². The first-order valence-corrected chi connectivity index (χ1v) is 7.04. The lowest BCUT2D eigenvalue weighted by Crippen LogP contribution is -2.46. The first kappa shape index (κ1) is 14.6. The van der Waals surface area contributed by atoms with E-state index in [9.17, 15) is 9.59 Å². The largest absolute Gasteiger partial charge is 0.355 e. The molecular formula is C16H22N2O2. The molecule has 1 heterocycles. The molecule has 1 atom stereocenters. The molecule has 1 fully saturated rings. The van der Waals surface area contributed by atoms with E-state index in [2.05, 4.69) is 5.32 Å². The Bertz CT molecular complexity index is 498. The molecule has 2 amide bonds. The highest BCUT2D eigenvalue weighted by molar-refractivity contribution is 5.92. The van der Waals surface area contributed by atoms with Crippen molar-refractivity contribution in [2.45, 2.75) is 39.8 Å². The van der Waals surface area contributed by atoms with Gasteiger partial charge in [0.05, 0.1) is 5.41 Å². The summed E-state index contributed by atoms with van der Waals surface area (Å²) in [5.41, 5.74) is 0.492. The molecule has 1 saturated heterocycles. The molecule has 1 aliphatic heterocycles. The van der Waals surface area contributed by atoms with Gasteiger partial charge in [0.1, 0.15) is 0 Å². The topological polar surface area (TPSA) is 49.4 Å². The van der Waals surface area contributed by atoms with Gasteiger partial charge in [0.2, 0.25) is 11.8 Å². The molecule has 0 saturated carbocycles. The van der Waals surface area contributed by atoms with E-state index in [4.69, 9.17) is 0 Å². The van der Waals surface area contributed by atoms with E-state index >= 15 is 0 Å². The van der Waals surface area contributed by atoms with Crippen molar-refractivity contribution in [2.24, 2.45) is 5.41 Å². The lowest BCUT2D eigenvalue weighted by atomic mass is 9.87. The first-order chi connectivity index (χ1) is 9.42. The fraction of sp³-hybridized carbons (Fsp3) is 0.500. The van der Waals surface area contributed by atoms with Crippen LogP contribution in [-0.2, 0) is 16.1 Å². The maximum Gasteiger partial charge on any atom is 0.231 e. The van der Waals surface area contributed by atoms with Crippen LogP contribution in [0.4, 0.5) is 0 Å². The highest BCUT2D eigenvalue weighted by atomic mass is 16.2. The summed E-state index contributed by atoms with van der Waals surface area (Å²) in [6, 6.07) is 10.1. The fourth-order valence-corrected chi connectivity index (χ4v) is 2.54. The van der Waals surface area contributed by atoms with Crippen LogP contribution in [0.2, 0.25) is 0 Å². The molecule has 108 valence electrons. The second kappa shape index (κ2) is 5.65. The van der Waals surface area contributed by atoms with Crippen molar-refractivity contribution in [3.05, 3.63) is 35.9 Å². The predicted octanol–water partition coefficient (Wildman–Crippen LogP) is 1.95. The Kier molecular flexibility index (Phi) is 4.12. The van der Waals surface area contributed by atoms with Crippen LogP contribution in [0.5, 0.6) is 0 Å². The normalized spacial score (nSPS) is 21.9. The molecule has 1 N–H and O–H groups in total. The number of benzene rings is 1. The lowest BCUT2D eigenvalue weighted by Gasteiger charge is -2.33. The Labute approximate surface area is 120 Å². The molecule has 0 bridgehead atoms. The molecule has 2 rings (SSSR count). The number of carbonyl (C=O) groups is 2. The van der Waals surface area contributed by atoms with Crippen LogP contribution in [0.25, 0.3) is 0 Å². The second-order valence-electron chi connectivity index (χ2n) is 6.03. The Morgan fingerprint density at radius 3 is 2.50 bits per heavy atom. The molecular weight excluding hydrogens is 252 g/mol. The highest BCUT2D eigenvalue weighted by Gasteiger charge is 2.43. The predicted molar refractivity (Wildman–Crippen MR) is 77.9 cm³/mol. The van der Waals surface area contributed by atoms with Gasteiger partial charge in [0.25, 0.3) is 0 Å². The average molecular weight is 274 g/mol. The van der Waals surface area contributed by atoms with Crippen molar-refractivity contribution in [3.63, 3.8) is 0 Å². The van der Waals surface area contributed by atoms with E-state index in [1.165, 1.54) is 0 Å². The van der Waals surface area contributed by atoms with Crippen molar-refractivity contribution in [1.82, 2.24) is 10.2 Å². The lowest BCUT2D eigenvalue weighted by molar-refractivity contribution is -0.143. The van der Waals surface area contributed by atoms with E-state index in [0.717, 1.165) is 5.56 Å². The van der Waals surface area contributed by atoms with Crippen molar-refractivity contribution in [2.75, 3.05) is 6.54 Å². The Morgan fingerprint density at radius 2 is 2.00 bits per heavy atom. The summed E-state index contributed by atoms with van der Waals surface area (Å²) in [6.45, 7) is 6.90. The van der Waals surface area contributed by atoms with Crippen LogP contribution < -0.4 is 5.32 Å². The molecule has 0 aliphatic carbocycles. The van der Waals surface area contributed by atoms with Crippen molar-refractivity contribution >= 4 is 11.8 Å². The zero-order chi connectivity index (χ0) is 14.8. The number of amides is 2. The van der Waals surface area contributed by atoms with Gasteiger partial charge in [-0.25, -0.2) is 0 Å².